The number of carbonyl (C=O) groups excluding carboxylic acids is 1. The van der Waals surface area contributed by atoms with Crippen LogP contribution in [0.5, 0.6) is 0 Å². The van der Waals surface area contributed by atoms with Crippen molar-refractivity contribution in [2.45, 2.75) is 12.5 Å². The zero-order chi connectivity index (χ0) is 8.69. The minimum absolute atomic E-state index is 0.0185. The smallest absolute Gasteiger partial charge is 0.321 e. The van der Waals surface area contributed by atoms with Crippen LogP contribution in [0.25, 0.3) is 0 Å². The summed E-state index contributed by atoms with van der Waals surface area (Å²) < 4.78 is 0. The quantitative estimate of drug-likeness (QED) is 0.414. The number of hydrogen-bond donors (Lipinski definition) is 3. The standard InChI is InChI=1S/C6H12N2O3/c7-2-3-8-5(1-4-9)6(10)11/h4-5,8H,1-3,7H2,(H,10,11). The highest BCUT2D eigenvalue weighted by Crippen LogP contribution is 1.87. The fourth-order valence-corrected chi connectivity index (χ4v) is 0.625. The summed E-state index contributed by atoms with van der Waals surface area (Å²) >= 11 is 0. The molecule has 5 nitrogen and oxygen atoms in total. The maximum atomic E-state index is 10.3. The van der Waals surface area contributed by atoms with Crippen LogP contribution < -0.4 is 11.1 Å². The maximum absolute atomic E-state index is 10.3. The van der Waals surface area contributed by atoms with Crippen LogP contribution in [-0.4, -0.2) is 36.5 Å². The van der Waals surface area contributed by atoms with Crippen molar-refractivity contribution in [3.63, 3.8) is 0 Å². The van der Waals surface area contributed by atoms with Gasteiger partial charge in [-0.1, -0.05) is 0 Å². The molecule has 1 unspecified atom stereocenters. The summed E-state index contributed by atoms with van der Waals surface area (Å²) in [5.74, 6) is -1.02. The predicted molar refractivity (Wildman–Crippen MR) is 39.2 cm³/mol. The van der Waals surface area contributed by atoms with E-state index in [2.05, 4.69) is 5.32 Å². The lowest BCUT2D eigenvalue weighted by atomic mass is 10.2. The Morgan fingerprint density at radius 3 is 2.73 bits per heavy atom. The first kappa shape index (κ1) is 10.1. The van der Waals surface area contributed by atoms with Crippen molar-refractivity contribution in [1.82, 2.24) is 5.32 Å². The van der Waals surface area contributed by atoms with Crippen molar-refractivity contribution in [3.05, 3.63) is 0 Å². The summed E-state index contributed by atoms with van der Waals surface area (Å²) in [5.41, 5.74) is 5.13. The lowest BCUT2D eigenvalue weighted by Gasteiger charge is -2.09. The molecule has 0 bridgehead atoms. The van der Waals surface area contributed by atoms with E-state index >= 15 is 0 Å². The van der Waals surface area contributed by atoms with Crippen molar-refractivity contribution >= 4 is 12.3 Å². The largest absolute Gasteiger partial charge is 0.480 e. The number of nitrogens with two attached hydrogens (primary N) is 1. The zero-order valence-electron chi connectivity index (χ0n) is 6.12. The molecular formula is C6H12N2O3. The third-order valence-corrected chi connectivity index (χ3v) is 1.17. The van der Waals surface area contributed by atoms with Gasteiger partial charge in [-0.25, -0.2) is 0 Å². The molecular weight excluding hydrogens is 148 g/mol. The van der Waals surface area contributed by atoms with Crippen LogP contribution in [0.1, 0.15) is 6.42 Å². The first-order valence-electron chi connectivity index (χ1n) is 3.32. The molecule has 1 atom stereocenters. The molecule has 0 aliphatic rings. The molecule has 5 heteroatoms. The Hall–Kier alpha value is -0.940. The molecule has 4 N–H and O–H groups in total. The van der Waals surface area contributed by atoms with Gasteiger partial charge in [0.1, 0.15) is 12.3 Å². The Morgan fingerprint density at radius 2 is 2.36 bits per heavy atom. The number of aliphatic carboxylic acids is 1. The average Bonchev–Trinajstić information content (AvgIpc) is 1.97. The van der Waals surface area contributed by atoms with E-state index in [-0.39, 0.29) is 6.42 Å². The van der Waals surface area contributed by atoms with Crippen LogP contribution in [0.2, 0.25) is 0 Å². The number of aldehydes is 1. The van der Waals surface area contributed by atoms with Crippen molar-refractivity contribution in [2.24, 2.45) is 5.73 Å². The number of carboxylic acid groups (broad SMARTS) is 1. The summed E-state index contributed by atoms with van der Waals surface area (Å²) in [5, 5.41) is 11.1. The van der Waals surface area contributed by atoms with E-state index in [0.717, 1.165) is 0 Å². The Balaban J connectivity index is 3.69. The molecule has 0 fully saturated rings. The van der Waals surface area contributed by atoms with Crippen molar-refractivity contribution < 1.29 is 14.7 Å². The van der Waals surface area contributed by atoms with Crippen LogP contribution in [0, 0.1) is 0 Å². The minimum atomic E-state index is -1.02. The van der Waals surface area contributed by atoms with E-state index in [4.69, 9.17) is 10.8 Å². The molecule has 0 amide bonds. The van der Waals surface area contributed by atoms with Gasteiger partial charge >= 0.3 is 5.97 Å². The fraction of sp³-hybridized carbons (Fsp3) is 0.667. The van der Waals surface area contributed by atoms with E-state index in [1.165, 1.54) is 0 Å². The molecule has 0 aromatic rings. The molecule has 0 radical (unpaired) electrons. The second kappa shape index (κ2) is 5.82. The predicted octanol–water partition coefficient (Wildman–Crippen LogP) is -1.42. The van der Waals surface area contributed by atoms with E-state index in [1.807, 2.05) is 0 Å². The third-order valence-electron chi connectivity index (χ3n) is 1.17. The number of carbonyl (C=O) groups is 2. The van der Waals surface area contributed by atoms with Crippen LogP contribution in [0.15, 0.2) is 0 Å². The monoisotopic (exact) mass is 160 g/mol. The van der Waals surface area contributed by atoms with Crippen molar-refractivity contribution in [1.29, 1.82) is 0 Å². The number of nitrogens with one attached hydrogen (secondary N) is 1. The summed E-state index contributed by atoms with van der Waals surface area (Å²) in [6.07, 6.45) is 0.553. The average molecular weight is 160 g/mol. The lowest BCUT2D eigenvalue weighted by molar-refractivity contribution is -0.140. The van der Waals surface area contributed by atoms with E-state index < -0.39 is 12.0 Å². The Bertz CT molecular complexity index is 138. The molecule has 0 aliphatic heterocycles. The normalized spacial score (nSPS) is 12.5. The van der Waals surface area contributed by atoms with E-state index in [1.54, 1.807) is 0 Å². The van der Waals surface area contributed by atoms with E-state index in [0.29, 0.717) is 19.4 Å². The van der Waals surface area contributed by atoms with Crippen LogP contribution >= 0.6 is 0 Å². The van der Waals surface area contributed by atoms with Gasteiger partial charge in [-0.3, -0.25) is 4.79 Å². The van der Waals surface area contributed by atoms with Gasteiger partial charge in [0.05, 0.1) is 0 Å². The van der Waals surface area contributed by atoms with Gasteiger partial charge in [0, 0.05) is 19.5 Å². The third kappa shape index (κ3) is 4.46. The summed E-state index contributed by atoms with van der Waals surface area (Å²) in [7, 11) is 0. The van der Waals surface area contributed by atoms with Gasteiger partial charge in [0.25, 0.3) is 0 Å². The fourth-order valence-electron chi connectivity index (χ4n) is 0.625. The summed E-state index contributed by atoms with van der Waals surface area (Å²) in [6.45, 7) is 0.771. The number of hydrogen-bond acceptors (Lipinski definition) is 4. The second-order valence-corrected chi connectivity index (χ2v) is 2.04. The molecule has 0 aromatic carbocycles. The van der Waals surface area contributed by atoms with Gasteiger partial charge in [0.2, 0.25) is 0 Å². The first-order chi connectivity index (χ1) is 5.22. The number of rotatable bonds is 6. The highest BCUT2D eigenvalue weighted by molar-refractivity contribution is 5.76. The molecule has 0 saturated carbocycles. The van der Waals surface area contributed by atoms with Crippen LogP contribution in [0.3, 0.4) is 0 Å². The van der Waals surface area contributed by atoms with Gasteiger partial charge in [-0.05, 0) is 0 Å². The molecule has 64 valence electrons. The lowest BCUT2D eigenvalue weighted by Crippen LogP contribution is -2.39. The zero-order valence-corrected chi connectivity index (χ0v) is 6.12. The second-order valence-electron chi connectivity index (χ2n) is 2.04. The molecule has 0 aliphatic carbocycles. The van der Waals surface area contributed by atoms with Gasteiger partial charge in [-0.15, -0.1) is 0 Å². The first-order valence-corrected chi connectivity index (χ1v) is 3.32. The number of carboxylic acids is 1. The molecule has 0 heterocycles. The summed E-state index contributed by atoms with van der Waals surface area (Å²) in [6, 6.07) is -0.795. The van der Waals surface area contributed by atoms with Crippen LogP contribution in [-0.2, 0) is 9.59 Å². The van der Waals surface area contributed by atoms with Crippen molar-refractivity contribution in [3.8, 4) is 0 Å². The minimum Gasteiger partial charge on any atom is -0.480 e. The molecule has 0 saturated heterocycles. The van der Waals surface area contributed by atoms with E-state index in [9.17, 15) is 9.59 Å². The SMILES string of the molecule is NCCNC(CC=O)C(=O)O. The van der Waals surface area contributed by atoms with Gasteiger partial charge in [0.15, 0.2) is 0 Å². The van der Waals surface area contributed by atoms with Gasteiger partial charge < -0.3 is 21.0 Å². The van der Waals surface area contributed by atoms with Crippen LogP contribution in [0.4, 0.5) is 0 Å². The Labute approximate surface area is 64.6 Å². The highest BCUT2D eigenvalue weighted by Gasteiger charge is 2.14. The molecule has 0 aromatic heterocycles. The molecule has 0 spiro atoms. The Kier molecular flexibility index (Phi) is 5.32. The highest BCUT2D eigenvalue weighted by atomic mass is 16.4. The maximum Gasteiger partial charge on any atom is 0.321 e. The Morgan fingerprint density at radius 1 is 1.73 bits per heavy atom. The van der Waals surface area contributed by atoms with Gasteiger partial charge in [-0.2, -0.15) is 0 Å². The molecule has 11 heavy (non-hydrogen) atoms. The van der Waals surface area contributed by atoms with Crippen molar-refractivity contribution in [2.75, 3.05) is 13.1 Å². The molecule has 0 rings (SSSR count). The topological polar surface area (TPSA) is 92.4 Å². The summed E-state index contributed by atoms with van der Waals surface area (Å²) in [4.78, 5) is 20.3.